The zero-order chi connectivity index (χ0) is 15.4. The first-order chi connectivity index (χ1) is 9.97. The maximum Gasteiger partial charge on any atom is 0.326 e. The summed E-state index contributed by atoms with van der Waals surface area (Å²) in [6.45, 7) is 0. The average Bonchev–Trinajstić information content (AvgIpc) is 2.90. The first-order valence-electron chi connectivity index (χ1n) is 5.93. The summed E-state index contributed by atoms with van der Waals surface area (Å²) in [5.41, 5.74) is 0.938. The van der Waals surface area contributed by atoms with Gasteiger partial charge in [-0.25, -0.2) is 9.78 Å². The van der Waals surface area contributed by atoms with Crippen molar-refractivity contribution in [2.24, 2.45) is 0 Å². The van der Waals surface area contributed by atoms with Crippen molar-refractivity contribution >= 4 is 39.4 Å². The third kappa shape index (κ3) is 4.05. The van der Waals surface area contributed by atoms with E-state index in [1.165, 1.54) is 18.6 Å². The van der Waals surface area contributed by atoms with E-state index < -0.39 is 17.9 Å². The molecule has 0 unspecified atom stereocenters. The third-order valence-corrected chi connectivity index (χ3v) is 3.65. The molecular formula is C13H11BrClN3O3. The lowest BCUT2D eigenvalue weighted by molar-refractivity contribution is -0.139. The number of halogens is 2. The molecular weight excluding hydrogens is 362 g/mol. The lowest BCUT2D eigenvalue weighted by Gasteiger charge is -2.14. The number of hydrogen-bond donors (Lipinski definition) is 3. The maximum atomic E-state index is 12.1. The van der Waals surface area contributed by atoms with Crippen LogP contribution in [0.5, 0.6) is 0 Å². The van der Waals surface area contributed by atoms with Gasteiger partial charge in [-0.15, -0.1) is 0 Å². The van der Waals surface area contributed by atoms with Crippen molar-refractivity contribution in [3.8, 4) is 0 Å². The van der Waals surface area contributed by atoms with Crippen LogP contribution in [0.25, 0.3) is 0 Å². The van der Waals surface area contributed by atoms with Gasteiger partial charge in [-0.2, -0.15) is 0 Å². The van der Waals surface area contributed by atoms with Crippen LogP contribution in [0, 0.1) is 0 Å². The maximum absolute atomic E-state index is 12.1. The smallest absolute Gasteiger partial charge is 0.326 e. The van der Waals surface area contributed by atoms with Gasteiger partial charge in [0.1, 0.15) is 6.04 Å². The minimum atomic E-state index is -1.12. The summed E-state index contributed by atoms with van der Waals surface area (Å²) in [5, 5.41) is 12.1. The van der Waals surface area contributed by atoms with Crippen LogP contribution in [0.2, 0.25) is 5.02 Å². The van der Waals surface area contributed by atoms with E-state index in [1.54, 1.807) is 12.1 Å². The molecule has 0 fully saturated rings. The summed E-state index contributed by atoms with van der Waals surface area (Å²) in [7, 11) is 0. The van der Waals surface area contributed by atoms with Crippen molar-refractivity contribution in [1.29, 1.82) is 0 Å². The zero-order valence-electron chi connectivity index (χ0n) is 10.6. The minimum Gasteiger partial charge on any atom is -0.480 e. The highest BCUT2D eigenvalue weighted by molar-refractivity contribution is 9.10. The van der Waals surface area contributed by atoms with E-state index in [0.29, 0.717) is 20.8 Å². The molecule has 1 aromatic heterocycles. The van der Waals surface area contributed by atoms with Gasteiger partial charge in [-0.05, 0) is 34.1 Å². The summed E-state index contributed by atoms with van der Waals surface area (Å²) >= 11 is 9.03. The Balaban J connectivity index is 2.12. The van der Waals surface area contributed by atoms with Crippen LogP contribution >= 0.6 is 27.5 Å². The van der Waals surface area contributed by atoms with Crippen molar-refractivity contribution in [3.05, 3.63) is 51.5 Å². The summed E-state index contributed by atoms with van der Waals surface area (Å²) in [6.07, 6.45) is 3.08. The molecule has 3 N–H and O–H groups in total. The van der Waals surface area contributed by atoms with Gasteiger partial charge in [0.25, 0.3) is 5.91 Å². The van der Waals surface area contributed by atoms with Gasteiger partial charge >= 0.3 is 5.97 Å². The summed E-state index contributed by atoms with van der Waals surface area (Å²) in [5.74, 6) is -1.62. The minimum absolute atomic E-state index is 0.117. The van der Waals surface area contributed by atoms with Crippen LogP contribution in [0.1, 0.15) is 16.1 Å². The highest BCUT2D eigenvalue weighted by Crippen LogP contribution is 2.21. The number of carbonyl (C=O) groups is 2. The molecule has 6 nitrogen and oxygen atoms in total. The van der Waals surface area contributed by atoms with Crippen molar-refractivity contribution in [2.75, 3.05) is 0 Å². The second-order valence-electron chi connectivity index (χ2n) is 4.27. The van der Waals surface area contributed by atoms with E-state index in [9.17, 15) is 14.7 Å². The number of aromatic amines is 1. The van der Waals surface area contributed by atoms with E-state index in [0.717, 1.165) is 0 Å². The molecule has 0 aliphatic carbocycles. The van der Waals surface area contributed by atoms with Gasteiger partial charge in [0, 0.05) is 27.8 Å². The SMILES string of the molecule is O=C(N[C@@H](Cc1cnc[nH]1)C(=O)O)c1ccc(Cl)cc1Br. The number of hydrogen-bond acceptors (Lipinski definition) is 3. The van der Waals surface area contributed by atoms with E-state index >= 15 is 0 Å². The van der Waals surface area contributed by atoms with Crippen LogP contribution in [0.3, 0.4) is 0 Å². The van der Waals surface area contributed by atoms with E-state index in [4.69, 9.17) is 11.6 Å². The summed E-state index contributed by atoms with van der Waals surface area (Å²) in [6, 6.07) is 3.60. The molecule has 1 amide bonds. The van der Waals surface area contributed by atoms with Crippen LogP contribution in [0.15, 0.2) is 35.2 Å². The number of H-pyrrole nitrogens is 1. The standard InChI is InChI=1S/C13H11BrClN3O3/c14-10-3-7(15)1-2-9(10)12(19)18-11(13(20)21)4-8-5-16-6-17-8/h1-3,5-6,11H,4H2,(H,16,17)(H,18,19)(H,20,21)/t11-/m0/s1. The number of aromatic nitrogens is 2. The molecule has 2 rings (SSSR count). The molecule has 0 spiro atoms. The Hall–Kier alpha value is -1.86. The number of nitrogens with one attached hydrogen (secondary N) is 2. The van der Waals surface area contributed by atoms with Crippen molar-refractivity contribution in [2.45, 2.75) is 12.5 Å². The largest absolute Gasteiger partial charge is 0.480 e. The van der Waals surface area contributed by atoms with Crippen LogP contribution in [0.4, 0.5) is 0 Å². The summed E-state index contributed by atoms with van der Waals surface area (Å²) < 4.78 is 0.498. The Bertz CT molecular complexity index is 661. The molecule has 0 aliphatic heterocycles. The number of carboxylic acid groups (broad SMARTS) is 1. The number of benzene rings is 1. The molecule has 21 heavy (non-hydrogen) atoms. The molecule has 2 aromatic rings. The predicted molar refractivity (Wildman–Crippen MR) is 80.3 cm³/mol. The number of rotatable bonds is 5. The van der Waals surface area contributed by atoms with Crippen molar-refractivity contribution in [3.63, 3.8) is 0 Å². The second kappa shape index (κ2) is 6.73. The molecule has 0 saturated heterocycles. The molecule has 1 atom stereocenters. The second-order valence-corrected chi connectivity index (χ2v) is 5.56. The number of carbonyl (C=O) groups excluding carboxylic acids is 1. The highest BCUT2D eigenvalue weighted by Gasteiger charge is 2.22. The van der Waals surface area contributed by atoms with Crippen molar-refractivity contribution < 1.29 is 14.7 Å². The first kappa shape index (κ1) is 15.5. The fraction of sp³-hybridized carbons (Fsp3) is 0.154. The number of carboxylic acids is 1. The molecule has 0 saturated carbocycles. The molecule has 110 valence electrons. The third-order valence-electron chi connectivity index (χ3n) is 2.76. The molecule has 0 radical (unpaired) electrons. The Kier molecular flexibility index (Phi) is 4.98. The molecule has 1 aromatic carbocycles. The number of nitrogens with zero attached hydrogens (tertiary/aromatic N) is 1. The van der Waals surface area contributed by atoms with Crippen LogP contribution in [-0.2, 0) is 11.2 Å². The fourth-order valence-corrected chi connectivity index (χ4v) is 2.59. The fourth-order valence-electron chi connectivity index (χ4n) is 1.73. The van der Waals surface area contributed by atoms with Crippen LogP contribution < -0.4 is 5.32 Å². The zero-order valence-corrected chi connectivity index (χ0v) is 13.0. The molecule has 1 heterocycles. The van der Waals surface area contributed by atoms with Gasteiger partial charge in [-0.3, -0.25) is 4.79 Å². The molecule has 0 aliphatic rings. The normalized spacial score (nSPS) is 11.9. The van der Waals surface area contributed by atoms with Gasteiger partial charge in [-0.1, -0.05) is 11.6 Å². The molecule has 0 bridgehead atoms. The first-order valence-corrected chi connectivity index (χ1v) is 7.10. The van der Waals surface area contributed by atoms with E-state index in [1.807, 2.05) is 0 Å². The van der Waals surface area contributed by atoms with E-state index in [-0.39, 0.29) is 6.42 Å². The van der Waals surface area contributed by atoms with Gasteiger partial charge < -0.3 is 15.4 Å². The monoisotopic (exact) mass is 371 g/mol. The number of imidazole rings is 1. The number of amides is 1. The average molecular weight is 373 g/mol. The van der Waals surface area contributed by atoms with Gasteiger partial charge in [0.05, 0.1) is 11.9 Å². The molecule has 8 heteroatoms. The van der Waals surface area contributed by atoms with Crippen LogP contribution in [-0.4, -0.2) is 33.0 Å². The highest BCUT2D eigenvalue weighted by atomic mass is 79.9. The van der Waals surface area contributed by atoms with E-state index in [2.05, 4.69) is 31.2 Å². The van der Waals surface area contributed by atoms with Gasteiger partial charge in [0.15, 0.2) is 0 Å². The predicted octanol–water partition coefficient (Wildman–Crippen LogP) is 2.25. The quantitative estimate of drug-likeness (QED) is 0.750. The Morgan fingerprint density at radius 1 is 1.48 bits per heavy atom. The number of aliphatic carboxylic acids is 1. The Labute approximate surface area is 133 Å². The summed E-state index contributed by atoms with van der Waals surface area (Å²) in [4.78, 5) is 30.0. The lowest BCUT2D eigenvalue weighted by atomic mass is 10.1. The lowest BCUT2D eigenvalue weighted by Crippen LogP contribution is -2.42. The topological polar surface area (TPSA) is 95.1 Å². The van der Waals surface area contributed by atoms with Crippen molar-refractivity contribution in [1.82, 2.24) is 15.3 Å². The Morgan fingerprint density at radius 2 is 2.24 bits per heavy atom. The Morgan fingerprint density at radius 3 is 2.81 bits per heavy atom. The van der Waals surface area contributed by atoms with Gasteiger partial charge in [0.2, 0.25) is 0 Å².